The summed E-state index contributed by atoms with van der Waals surface area (Å²) in [5.74, 6) is 2.57. The summed E-state index contributed by atoms with van der Waals surface area (Å²) in [6, 6.07) is 3.15. The van der Waals surface area contributed by atoms with Crippen LogP contribution in [0.5, 0.6) is 5.75 Å². The molecule has 0 fully saturated rings. The lowest BCUT2D eigenvalue weighted by Crippen LogP contribution is -2.25. The summed E-state index contributed by atoms with van der Waals surface area (Å²) in [4.78, 5) is 0. The van der Waals surface area contributed by atoms with Gasteiger partial charge in [0.2, 0.25) is 0 Å². The lowest BCUT2D eigenvalue weighted by molar-refractivity contribution is -0.137. The van der Waals surface area contributed by atoms with Crippen molar-refractivity contribution in [3.63, 3.8) is 0 Å². The van der Waals surface area contributed by atoms with E-state index in [-0.39, 0.29) is 5.75 Å². The highest BCUT2D eigenvalue weighted by Crippen LogP contribution is 2.36. The van der Waals surface area contributed by atoms with Crippen LogP contribution in [-0.4, -0.2) is 5.60 Å². The molecular weight excluding hydrogens is 253 g/mol. The monoisotopic (exact) mass is 262 g/mol. The maximum atomic E-state index is 12.4. The maximum absolute atomic E-state index is 12.4. The second kappa shape index (κ2) is 4.50. The van der Waals surface area contributed by atoms with Crippen LogP contribution in [0.2, 0.25) is 5.02 Å². The number of alkyl halides is 3. The smallest absolute Gasteiger partial charge is 0.417 e. The maximum Gasteiger partial charge on any atom is 0.417 e. The minimum absolute atomic E-state index is 0.200. The van der Waals surface area contributed by atoms with E-state index in [1.54, 1.807) is 13.8 Å². The summed E-state index contributed by atoms with van der Waals surface area (Å²) in [6.07, 6.45) is 0.728. The molecule has 0 aliphatic heterocycles. The Labute approximate surface area is 103 Å². The normalized spacial score (nSPS) is 12.1. The molecule has 17 heavy (non-hydrogen) atoms. The number of hydrogen-bond donors (Lipinski definition) is 0. The minimum Gasteiger partial charge on any atom is -0.475 e. The topological polar surface area (TPSA) is 9.23 Å². The molecule has 0 saturated carbocycles. The van der Waals surface area contributed by atoms with Crippen LogP contribution < -0.4 is 4.74 Å². The van der Waals surface area contributed by atoms with Gasteiger partial charge >= 0.3 is 6.18 Å². The number of halogens is 4. The van der Waals surface area contributed by atoms with E-state index in [2.05, 4.69) is 5.92 Å². The molecule has 0 aromatic heterocycles. The fourth-order valence-electron chi connectivity index (χ4n) is 1.11. The SMILES string of the molecule is C#CC(C)(C)Oc1ccc(C(F)(F)F)c(Cl)c1. The van der Waals surface area contributed by atoms with E-state index in [0.29, 0.717) is 0 Å². The molecule has 1 rings (SSSR count). The van der Waals surface area contributed by atoms with E-state index in [9.17, 15) is 13.2 Å². The Kier molecular flexibility index (Phi) is 3.63. The van der Waals surface area contributed by atoms with Crippen LogP contribution in [0.25, 0.3) is 0 Å². The summed E-state index contributed by atoms with van der Waals surface area (Å²) in [6.45, 7) is 3.25. The molecule has 1 nitrogen and oxygen atoms in total. The molecule has 92 valence electrons. The molecule has 0 spiro atoms. The van der Waals surface area contributed by atoms with Crippen LogP contribution in [0, 0.1) is 12.3 Å². The van der Waals surface area contributed by atoms with Gasteiger partial charge in [-0.3, -0.25) is 0 Å². The van der Waals surface area contributed by atoms with Crippen molar-refractivity contribution in [2.24, 2.45) is 0 Å². The van der Waals surface area contributed by atoms with Crippen molar-refractivity contribution < 1.29 is 17.9 Å². The molecule has 0 bridgehead atoms. The van der Waals surface area contributed by atoms with Gasteiger partial charge in [-0.25, -0.2) is 0 Å². The molecule has 0 radical (unpaired) electrons. The van der Waals surface area contributed by atoms with E-state index in [1.165, 1.54) is 6.07 Å². The molecule has 0 aliphatic carbocycles. The first kappa shape index (κ1) is 13.7. The van der Waals surface area contributed by atoms with Gasteiger partial charge in [-0.05, 0) is 32.0 Å². The van der Waals surface area contributed by atoms with Crippen LogP contribution in [0.15, 0.2) is 18.2 Å². The van der Waals surface area contributed by atoms with Crippen LogP contribution in [0.1, 0.15) is 19.4 Å². The Bertz CT molecular complexity index is 458. The first-order valence-electron chi connectivity index (χ1n) is 4.69. The van der Waals surface area contributed by atoms with Crippen molar-refractivity contribution in [2.45, 2.75) is 25.6 Å². The van der Waals surface area contributed by atoms with Crippen molar-refractivity contribution in [1.29, 1.82) is 0 Å². The lowest BCUT2D eigenvalue weighted by atomic mass is 10.1. The molecule has 0 unspecified atom stereocenters. The first-order valence-corrected chi connectivity index (χ1v) is 5.07. The van der Waals surface area contributed by atoms with Gasteiger partial charge in [-0.15, -0.1) is 6.42 Å². The van der Waals surface area contributed by atoms with Crippen molar-refractivity contribution in [3.05, 3.63) is 28.8 Å². The highest BCUT2D eigenvalue weighted by Gasteiger charge is 2.33. The van der Waals surface area contributed by atoms with Crippen molar-refractivity contribution in [3.8, 4) is 18.1 Å². The highest BCUT2D eigenvalue weighted by molar-refractivity contribution is 6.31. The second-order valence-electron chi connectivity index (χ2n) is 3.90. The van der Waals surface area contributed by atoms with Gasteiger partial charge < -0.3 is 4.74 Å². The fraction of sp³-hybridized carbons (Fsp3) is 0.333. The Morgan fingerprint density at radius 2 is 1.88 bits per heavy atom. The van der Waals surface area contributed by atoms with Gasteiger partial charge in [-0.1, -0.05) is 17.5 Å². The zero-order valence-electron chi connectivity index (χ0n) is 9.23. The number of rotatable bonds is 2. The average molecular weight is 263 g/mol. The minimum atomic E-state index is -4.47. The summed E-state index contributed by atoms with van der Waals surface area (Å²) in [7, 11) is 0. The summed E-state index contributed by atoms with van der Waals surface area (Å²) >= 11 is 5.53. The largest absolute Gasteiger partial charge is 0.475 e. The van der Waals surface area contributed by atoms with E-state index in [0.717, 1.165) is 12.1 Å². The van der Waals surface area contributed by atoms with Crippen molar-refractivity contribution >= 4 is 11.6 Å². The van der Waals surface area contributed by atoms with Crippen LogP contribution in [-0.2, 0) is 6.18 Å². The molecule has 0 heterocycles. The Morgan fingerprint density at radius 3 is 2.29 bits per heavy atom. The van der Waals surface area contributed by atoms with E-state index in [4.69, 9.17) is 22.8 Å². The average Bonchev–Trinajstić information content (AvgIpc) is 2.15. The summed E-state index contributed by atoms with van der Waals surface area (Å²) in [5.41, 5.74) is -1.80. The number of ether oxygens (including phenoxy) is 1. The van der Waals surface area contributed by atoms with E-state index in [1.807, 2.05) is 0 Å². The van der Waals surface area contributed by atoms with Gasteiger partial charge in [0, 0.05) is 0 Å². The number of benzene rings is 1. The van der Waals surface area contributed by atoms with Crippen LogP contribution in [0.4, 0.5) is 13.2 Å². The number of terminal acetylenes is 1. The third kappa shape index (κ3) is 3.57. The van der Waals surface area contributed by atoms with Crippen molar-refractivity contribution in [2.75, 3.05) is 0 Å². The van der Waals surface area contributed by atoms with Gasteiger partial charge in [0.05, 0.1) is 10.6 Å². The molecule has 0 saturated heterocycles. The molecule has 1 aromatic carbocycles. The predicted molar refractivity (Wildman–Crippen MR) is 60.0 cm³/mol. The van der Waals surface area contributed by atoms with Gasteiger partial charge in [0.25, 0.3) is 0 Å². The highest BCUT2D eigenvalue weighted by atomic mass is 35.5. The summed E-state index contributed by atoms with van der Waals surface area (Å²) in [5, 5.41) is -0.414. The van der Waals surface area contributed by atoms with Gasteiger partial charge in [0.15, 0.2) is 5.60 Å². The van der Waals surface area contributed by atoms with E-state index < -0.39 is 22.4 Å². The second-order valence-corrected chi connectivity index (χ2v) is 4.30. The third-order valence-corrected chi connectivity index (χ3v) is 2.28. The zero-order chi connectivity index (χ0) is 13.3. The molecule has 0 amide bonds. The molecule has 5 heteroatoms. The molecule has 1 aromatic rings. The standard InChI is InChI=1S/C12H10ClF3O/c1-4-11(2,3)17-8-5-6-9(10(13)7-8)12(14,15)16/h1,5-7H,2-3H3. The van der Waals surface area contributed by atoms with Crippen LogP contribution >= 0.6 is 11.6 Å². The van der Waals surface area contributed by atoms with Crippen LogP contribution in [0.3, 0.4) is 0 Å². The molecule has 0 aliphatic rings. The fourth-order valence-corrected chi connectivity index (χ4v) is 1.39. The Morgan fingerprint density at radius 1 is 1.29 bits per heavy atom. The molecule has 0 N–H and O–H groups in total. The quantitative estimate of drug-likeness (QED) is 0.728. The Hall–Kier alpha value is -1.34. The van der Waals surface area contributed by atoms with Gasteiger partial charge in [0.1, 0.15) is 5.75 Å². The summed E-state index contributed by atoms with van der Waals surface area (Å²) < 4.78 is 42.6. The van der Waals surface area contributed by atoms with E-state index >= 15 is 0 Å². The molecular formula is C12H10ClF3O. The lowest BCUT2D eigenvalue weighted by Gasteiger charge is -2.20. The zero-order valence-corrected chi connectivity index (χ0v) is 9.99. The number of hydrogen-bond acceptors (Lipinski definition) is 1. The van der Waals surface area contributed by atoms with Gasteiger partial charge in [-0.2, -0.15) is 13.2 Å². The predicted octanol–water partition coefficient (Wildman–Crippen LogP) is 4.15. The first-order chi connectivity index (χ1) is 7.65. The third-order valence-electron chi connectivity index (χ3n) is 1.97. The van der Waals surface area contributed by atoms with Crippen molar-refractivity contribution in [1.82, 2.24) is 0 Å². The molecule has 0 atom stereocenters. The Balaban J connectivity index is 3.03.